The third-order valence-electron chi connectivity index (χ3n) is 3.93. The number of nitrogens with zero attached hydrogens (tertiary/aromatic N) is 4. The van der Waals surface area contributed by atoms with E-state index in [1.165, 1.54) is 0 Å². The zero-order chi connectivity index (χ0) is 17.2. The van der Waals surface area contributed by atoms with Crippen molar-refractivity contribution in [2.45, 2.75) is 6.42 Å². The van der Waals surface area contributed by atoms with Gasteiger partial charge in [-0.2, -0.15) is 0 Å². The van der Waals surface area contributed by atoms with Crippen LogP contribution in [-0.4, -0.2) is 19.9 Å². The maximum Gasteiger partial charge on any atom is 0.220 e. The largest absolute Gasteiger partial charge is 0.384 e. The lowest BCUT2D eigenvalue weighted by Crippen LogP contribution is -2.03. The molecule has 0 aliphatic heterocycles. The summed E-state index contributed by atoms with van der Waals surface area (Å²) in [6, 6.07) is 17.5. The van der Waals surface area contributed by atoms with Crippen LogP contribution in [0.25, 0.3) is 22.3 Å². The van der Waals surface area contributed by atoms with Gasteiger partial charge in [0.2, 0.25) is 5.95 Å². The predicted molar refractivity (Wildman–Crippen MR) is 98.6 cm³/mol. The van der Waals surface area contributed by atoms with Crippen LogP contribution < -0.4 is 11.5 Å². The molecule has 0 bridgehead atoms. The van der Waals surface area contributed by atoms with Crippen molar-refractivity contribution in [1.82, 2.24) is 19.9 Å². The Balaban J connectivity index is 1.83. The molecule has 0 amide bonds. The van der Waals surface area contributed by atoms with Crippen molar-refractivity contribution in [2.24, 2.45) is 0 Å². The van der Waals surface area contributed by atoms with E-state index in [0.717, 1.165) is 33.5 Å². The van der Waals surface area contributed by atoms with Crippen LogP contribution in [0.5, 0.6) is 0 Å². The van der Waals surface area contributed by atoms with Crippen LogP contribution in [0.15, 0.2) is 60.8 Å². The second-order valence-electron chi connectivity index (χ2n) is 5.73. The number of anilines is 2. The lowest BCUT2D eigenvalue weighted by molar-refractivity contribution is 1.06. The molecule has 0 saturated heterocycles. The number of benzene rings is 1. The smallest absolute Gasteiger partial charge is 0.220 e. The Labute approximate surface area is 144 Å². The Hall–Kier alpha value is -3.54. The molecule has 4 N–H and O–H groups in total. The molecule has 0 aliphatic carbocycles. The van der Waals surface area contributed by atoms with Gasteiger partial charge in [-0.05, 0) is 29.8 Å². The summed E-state index contributed by atoms with van der Waals surface area (Å²) in [5.74, 6) is 0.729. The third kappa shape index (κ3) is 3.10. The minimum absolute atomic E-state index is 0.252. The highest BCUT2D eigenvalue weighted by molar-refractivity contribution is 5.81. The van der Waals surface area contributed by atoms with Gasteiger partial charge in [0.15, 0.2) is 0 Å². The first-order valence-electron chi connectivity index (χ1n) is 7.88. The molecule has 0 atom stereocenters. The molecular weight excluding hydrogens is 312 g/mol. The molecular formula is C19H16N6. The average Bonchev–Trinajstić information content (AvgIpc) is 2.63. The first kappa shape index (κ1) is 15.0. The molecule has 122 valence electrons. The summed E-state index contributed by atoms with van der Waals surface area (Å²) in [6.45, 7) is 0. The van der Waals surface area contributed by atoms with Crippen molar-refractivity contribution in [3.8, 4) is 11.3 Å². The topological polar surface area (TPSA) is 104 Å². The molecule has 0 saturated carbocycles. The third-order valence-corrected chi connectivity index (χ3v) is 3.93. The van der Waals surface area contributed by atoms with Crippen molar-refractivity contribution in [3.63, 3.8) is 0 Å². The molecule has 4 aromatic rings. The summed E-state index contributed by atoms with van der Waals surface area (Å²) in [5.41, 5.74) is 16.6. The Morgan fingerprint density at radius 3 is 2.40 bits per heavy atom. The highest BCUT2D eigenvalue weighted by atomic mass is 15.0. The Morgan fingerprint density at radius 1 is 0.800 bits per heavy atom. The van der Waals surface area contributed by atoms with Crippen LogP contribution in [0.2, 0.25) is 0 Å². The van der Waals surface area contributed by atoms with Gasteiger partial charge in [-0.25, -0.2) is 19.9 Å². The van der Waals surface area contributed by atoms with Gasteiger partial charge in [0.1, 0.15) is 11.3 Å². The Bertz CT molecular complexity index is 1030. The molecule has 0 unspecified atom stereocenters. The van der Waals surface area contributed by atoms with Crippen LogP contribution in [-0.2, 0) is 6.42 Å². The van der Waals surface area contributed by atoms with Gasteiger partial charge in [0.25, 0.3) is 0 Å². The van der Waals surface area contributed by atoms with Gasteiger partial charge in [-0.3, -0.25) is 0 Å². The monoisotopic (exact) mass is 328 g/mol. The number of aromatic nitrogens is 4. The number of fused-ring (bicyclic) bond motifs is 1. The first-order chi connectivity index (χ1) is 12.2. The molecule has 0 spiro atoms. The van der Waals surface area contributed by atoms with Gasteiger partial charge < -0.3 is 11.5 Å². The first-order valence-corrected chi connectivity index (χ1v) is 7.88. The van der Waals surface area contributed by atoms with Gasteiger partial charge in [-0.1, -0.05) is 30.3 Å². The van der Waals surface area contributed by atoms with E-state index in [1.807, 2.05) is 36.4 Å². The second kappa shape index (κ2) is 6.16. The summed E-state index contributed by atoms with van der Waals surface area (Å²) < 4.78 is 0. The number of hydrogen-bond acceptors (Lipinski definition) is 6. The quantitative estimate of drug-likeness (QED) is 0.599. The average molecular weight is 328 g/mol. The fourth-order valence-corrected chi connectivity index (χ4v) is 2.72. The highest BCUT2D eigenvalue weighted by Crippen LogP contribution is 2.23. The lowest BCUT2D eigenvalue weighted by atomic mass is 10.1. The summed E-state index contributed by atoms with van der Waals surface area (Å²) in [7, 11) is 0. The second-order valence-corrected chi connectivity index (χ2v) is 5.73. The van der Waals surface area contributed by atoms with Crippen molar-refractivity contribution < 1.29 is 0 Å². The van der Waals surface area contributed by atoms with E-state index >= 15 is 0 Å². The molecule has 25 heavy (non-hydrogen) atoms. The van der Waals surface area contributed by atoms with Crippen molar-refractivity contribution in [3.05, 3.63) is 72.1 Å². The molecule has 0 aliphatic rings. The predicted octanol–water partition coefficient (Wildman–Crippen LogP) is 2.84. The molecule has 6 heteroatoms. The van der Waals surface area contributed by atoms with Gasteiger partial charge >= 0.3 is 0 Å². The van der Waals surface area contributed by atoms with E-state index in [0.29, 0.717) is 12.2 Å². The van der Waals surface area contributed by atoms with Gasteiger partial charge in [0, 0.05) is 18.2 Å². The highest BCUT2D eigenvalue weighted by Gasteiger charge is 2.11. The molecule has 0 fully saturated rings. The van der Waals surface area contributed by atoms with Crippen LogP contribution in [0, 0.1) is 0 Å². The Kier molecular flexibility index (Phi) is 3.70. The number of rotatable bonds is 3. The Morgan fingerprint density at radius 2 is 1.64 bits per heavy atom. The van der Waals surface area contributed by atoms with Crippen LogP contribution >= 0.6 is 0 Å². The fraction of sp³-hybridized carbons (Fsp3) is 0.0526. The summed E-state index contributed by atoms with van der Waals surface area (Å²) in [5, 5.41) is 0. The van der Waals surface area contributed by atoms with E-state index in [1.54, 1.807) is 12.3 Å². The maximum atomic E-state index is 5.87. The van der Waals surface area contributed by atoms with Gasteiger partial charge in [-0.15, -0.1) is 0 Å². The minimum atomic E-state index is 0.252. The number of nitrogen functional groups attached to an aromatic ring is 2. The van der Waals surface area contributed by atoms with Gasteiger partial charge in [0.05, 0.1) is 16.9 Å². The van der Waals surface area contributed by atoms with Crippen molar-refractivity contribution in [1.29, 1.82) is 0 Å². The number of hydrogen-bond donors (Lipinski definition) is 2. The number of pyridine rings is 2. The SMILES string of the molecule is Nc1ccc(-c2ccc3nc(N)nc(Cc4ccccc4)c3n2)cn1. The van der Waals surface area contributed by atoms with E-state index in [-0.39, 0.29) is 5.95 Å². The van der Waals surface area contributed by atoms with E-state index in [4.69, 9.17) is 16.5 Å². The zero-order valence-corrected chi connectivity index (χ0v) is 13.4. The summed E-state index contributed by atoms with van der Waals surface area (Å²) in [6.07, 6.45) is 2.35. The molecule has 1 aromatic carbocycles. The van der Waals surface area contributed by atoms with Crippen molar-refractivity contribution >= 4 is 22.8 Å². The van der Waals surface area contributed by atoms with Crippen LogP contribution in [0.4, 0.5) is 11.8 Å². The van der Waals surface area contributed by atoms with Crippen LogP contribution in [0.3, 0.4) is 0 Å². The molecule has 3 aromatic heterocycles. The van der Waals surface area contributed by atoms with E-state index < -0.39 is 0 Å². The summed E-state index contributed by atoms with van der Waals surface area (Å²) >= 11 is 0. The minimum Gasteiger partial charge on any atom is -0.384 e. The lowest BCUT2D eigenvalue weighted by Gasteiger charge is -2.08. The molecule has 6 nitrogen and oxygen atoms in total. The zero-order valence-electron chi connectivity index (χ0n) is 13.4. The normalized spacial score (nSPS) is 10.9. The van der Waals surface area contributed by atoms with E-state index in [2.05, 4.69) is 27.1 Å². The van der Waals surface area contributed by atoms with Crippen molar-refractivity contribution in [2.75, 3.05) is 11.5 Å². The molecule has 0 radical (unpaired) electrons. The number of nitrogens with two attached hydrogens (primary N) is 2. The van der Waals surface area contributed by atoms with Crippen LogP contribution in [0.1, 0.15) is 11.3 Å². The molecule has 4 rings (SSSR count). The fourth-order valence-electron chi connectivity index (χ4n) is 2.72. The standard InChI is InChI=1S/C19H16N6/c20-17-9-6-13(11-22-17)14-7-8-15-18(23-14)16(25-19(21)24-15)10-12-4-2-1-3-5-12/h1-9,11H,10H2,(H2,20,22)(H2,21,24,25). The summed E-state index contributed by atoms with van der Waals surface area (Å²) in [4.78, 5) is 17.6. The van der Waals surface area contributed by atoms with E-state index in [9.17, 15) is 0 Å². The molecule has 3 heterocycles. The maximum absolute atomic E-state index is 5.87.